The molecular weight excluding hydrogens is 378 g/mol. The highest BCUT2D eigenvalue weighted by Crippen LogP contribution is 2.25. The molecule has 0 fully saturated rings. The van der Waals surface area contributed by atoms with Crippen molar-refractivity contribution in [2.24, 2.45) is 5.92 Å². The molecule has 3 amide bonds. The van der Waals surface area contributed by atoms with Gasteiger partial charge in [-0.25, -0.2) is 4.79 Å². The first kappa shape index (κ1) is 19.7. The fourth-order valence-corrected chi connectivity index (χ4v) is 3.24. The molecule has 3 aromatic rings. The Morgan fingerprint density at radius 2 is 1.93 bits per heavy atom. The van der Waals surface area contributed by atoms with Gasteiger partial charge in [0.15, 0.2) is 16.7 Å². The van der Waals surface area contributed by atoms with Crippen LogP contribution in [0, 0.1) is 5.92 Å². The molecule has 0 bridgehead atoms. The smallest absolute Gasteiger partial charge is 0.325 e. The van der Waals surface area contributed by atoms with Crippen LogP contribution in [-0.2, 0) is 11.3 Å². The Labute approximate surface area is 166 Å². The van der Waals surface area contributed by atoms with Crippen LogP contribution in [0.3, 0.4) is 0 Å². The Morgan fingerprint density at radius 3 is 2.61 bits per heavy atom. The predicted molar refractivity (Wildman–Crippen MR) is 107 cm³/mol. The van der Waals surface area contributed by atoms with Gasteiger partial charge in [0.25, 0.3) is 0 Å². The average molecular weight is 399 g/mol. The molecule has 0 aliphatic heterocycles. The van der Waals surface area contributed by atoms with E-state index >= 15 is 0 Å². The summed E-state index contributed by atoms with van der Waals surface area (Å²) in [5.41, 5.74) is 0.611. The normalized spacial score (nSPS) is 10.8. The predicted octanol–water partition coefficient (Wildman–Crippen LogP) is 3.63. The van der Waals surface area contributed by atoms with E-state index in [1.54, 1.807) is 36.6 Å². The van der Waals surface area contributed by atoms with E-state index in [0.29, 0.717) is 34.9 Å². The van der Waals surface area contributed by atoms with Crippen molar-refractivity contribution in [3.63, 3.8) is 0 Å². The molecule has 8 nitrogen and oxygen atoms in total. The number of thioether (sulfide) groups is 1. The van der Waals surface area contributed by atoms with E-state index in [-0.39, 0.29) is 5.75 Å². The number of aromatic nitrogens is 3. The number of rotatable bonds is 7. The molecule has 0 unspecified atom stereocenters. The summed E-state index contributed by atoms with van der Waals surface area (Å²) in [5, 5.41) is 13.9. The lowest BCUT2D eigenvalue weighted by atomic mass is 10.2. The third kappa shape index (κ3) is 5.23. The lowest BCUT2D eigenvalue weighted by Crippen LogP contribution is -2.35. The Bertz CT molecular complexity index is 922. The van der Waals surface area contributed by atoms with Gasteiger partial charge in [0.1, 0.15) is 0 Å². The zero-order valence-electron chi connectivity index (χ0n) is 15.6. The first-order valence-electron chi connectivity index (χ1n) is 8.78. The highest BCUT2D eigenvalue weighted by Gasteiger charge is 2.18. The Balaban J connectivity index is 1.60. The zero-order chi connectivity index (χ0) is 19.9. The number of imide groups is 1. The lowest BCUT2D eigenvalue weighted by molar-refractivity contribution is -0.117. The van der Waals surface area contributed by atoms with Crippen LogP contribution in [0.1, 0.15) is 13.8 Å². The average Bonchev–Trinajstić information content (AvgIpc) is 3.30. The molecule has 28 heavy (non-hydrogen) atoms. The molecule has 0 aliphatic carbocycles. The summed E-state index contributed by atoms with van der Waals surface area (Å²) in [5.74, 6) is 1.21. The highest BCUT2D eigenvalue weighted by atomic mass is 32.2. The quantitative estimate of drug-likeness (QED) is 0.588. The van der Waals surface area contributed by atoms with Gasteiger partial charge in [-0.1, -0.05) is 43.8 Å². The Hall–Kier alpha value is -3.07. The standard InChI is InChI=1S/C19H21N5O3S/c1-13(2)11-24-17(15-9-6-10-27-15)22-23-19(24)28-12-16(25)21-18(26)20-14-7-4-3-5-8-14/h3-10,13H,11-12H2,1-2H3,(H2,20,21,25,26). The van der Waals surface area contributed by atoms with Crippen LogP contribution in [0.15, 0.2) is 58.3 Å². The van der Waals surface area contributed by atoms with Crippen LogP contribution < -0.4 is 10.6 Å². The van der Waals surface area contributed by atoms with Gasteiger partial charge in [0.2, 0.25) is 5.91 Å². The molecule has 0 saturated heterocycles. The van der Waals surface area contributed by atoms with Crippen molar-refractivity contribution in [2.75, 3.05) is 11.1 Å². The van der Waals surface area contributed by atoms with E-state index in [0.717, 1.165) is 0 Å². The minimum Gasteiger partial charge on any atom is -0.461 e. The van der Waals surface area contributed by atoms with Crippen molar-refractivity contribution >= 4 is 29.4 Å². The number of urea groups is 1. The molecule has 0 aliphatic rings. The maximum absolute atomic E-state index is 12.1. The lowest BCUT2D eigenvalue weighted by Gasteiger charge is -2.11. The number of amides is 3. The van der Waals surface area contributed by atoms with Crippen molar-refractivity contribution in [3.05, 3.63) is 48.7 Å². The number of para-hydroxylation sites is 1. The Kier molecular flexibility index (Phi) is 6.49. The largest absolute Gasteiger partial charge is 0.461 e. The summed E-state index contributed by atoms with van der Waals surface area (Å²) in [4.78, 5) is 24.0. The highest BCUT2D eigenvalue weighted by molar-refractivity contribution is 7.99. The number of anilines is 1. The SMILES string of the molecule is CC(C)Cn1c(SCC(=O)NC(=O)Nc2ccccc2)nnc1-c1ccco1. The van der Waals surface area contributed by atoms with Gasteiger partial charge in [0.05, 0.1) is 12.0 Å². The van der Waals surface area contributed by atoms with E-state index in [4.69, 9.17) is 4.42 Å². The van der Waals surface area contributed by atoms with Crippen LogP contribution in [0.2, 0.25) is 0 Å². The van der Waals surface area contributed by atoms with Gasteiger partial charge in [0, 0.05) is 12.2 Å². The molecule has 1 aromatic carbocycles. The van der Waals surface area contributed by atoms with Crippen LogP contribution in [0.25, 0.3) is 11.6 Å². The first-order valence-corrected chi connectivity index (χ1v) is 9.77. The van der Waals surface area contributed by atoms with E-state index < -0.39 is 11.9 Å². The fourth-order valence-electron chi connectivity index (χ4n) is 2.49. The van der Waals surface area contributed by atoms with Gasteiger partial charge in [-0.05, 0) is 30.2 Å². The molecule has 2 N–H and O–H groups in total. The zero-order valence-corrected chi connectivity index (χ0v) is 16.4. The first-order chi connectivity index (χ1) is 13.5. The van der Waals surface area contributed by atoms with Crippen LogP contribution in [0.5, 0.6) is 0 Å². The van der Waals surface area contributed by atoms with Crippen LogP contribution >= 0.6 is 11.8 Å². The molecule has 2 heterocycles. The van der Waals surface area contributed by atoms with Crippen LogP contribution in [0.4, 0.5) is 10.5 Å². The summed E-state index contributed by atoms with van der Waals surface area (Å²) >= 11 is 1.22. The van der Waals surface area contributed by atoms with Crippen LogP contribution in [-0.4, -0.2) is 32.5 Å². The second-order valence-corrected chi connectivity index (χ2v) is 7.39. The molecule has 146 valence electrons. The number of hydrogen-bond acceptors (Lipinski definition) is 6. The molecule has 0 atom stereocenters. The van der Waals surface area contributed by atoms with Crippen molar-refractivity contribution in [1.82, 2.24) is 20.1 Å². The maximum Gasteiger partial charge on any atom is 0.325 e. The van der Waals surface area contributed by atoms with Crippen molar-refractivity contribution in [3.8, 4) is 11.6 Å². The van der Waals surface area contributed by atoms with Gasteiger partial charge < -0.3 is 9.73 Å². The maximum atomic E-state index is 12.1. The van der Waals surface area contributed by atoms with Gasteiger partial charge in [-0.15, -0.1) is 10.2 Å². The molecule has 2 aromatic heterocycles. The number of nitrogens with zero attached hydrogens (tertiary/aromatic N) is 3. The summed E-state index contributed by atoms with van der Waals surface area (Å²) in [6.45, 7) is 4.85. The van der Waals surface area contributed by atoms with Crippen molar-refractivity contribution in [2.45, 2.75) is 25.5 Å². The number of carbonyl (C=O) groups excluding carboxylic acids is 2. The fraction of sp³-hybridized carbons (Fsp3) is 0.263. The number of furan rings is 1. The summed E-state index contributed by atoms with van der Waals surface area (Å²) in [6.07, 6.45) is 1.58. The summed E-state index contributed by atoms with van der Waals surface area (Å²) < 4.78 is 7.35. The second-order valence-electron chi connectivity index (χ2n) is 6.44. The van der Waals surface area contributed by atoms with Crippen molar-refractivity contribution < 1.29 is 14.0 Å². The van der Waals surface area contributed by atoms with Gasteiger partial charge in [-0.3, -0.25) is 14.7 Å². The molecule has 3 rings (SSSR count). The molecule has 0 saturated carbocycles. The minimum atomic E-state index is -0.572. The third-order valence-electron chi connectivity index (χ3n) is 3.62. The number of carbonyl (C=O) groups is 2. The van der Waals surface area contributed by atoms with Gasteiger partial charge >= 0.3 is 6.03 Å². The third-order valence-corrected chi connectivity index (χ3v) is 4.59. The molecule has 0 radical (unpaired) electrons. The Morgan fingerprint density at radius 1 is 1.14 bits per heavy atom. The van der Waals surface area contributed by atoms with Gasteiger partial charge in [-0.2, -0.15) is 0 Å². The molecule has 9 heteroatoms. The number of hydrogen-bond donors (Lipinski definition) is 2. The van der Waals surface area contributed by atoms with Crippen molar-refractivity contribution in [1.29, 1.82) is 0 Å². The van der Waals surface area contributed by atoms with E-state index in [9.17, 15) is 9.59 Å². The molecular formula is C19H21N5O3S. The summed E-state index contributed by atoms with van der Waals surface area (Å²) in [7, 11) is 0. The van der Waals surface area contributed by atoms with E-state index in [1.165, 1.54) is 11.8 Å². The van der Waals surface area contributed by atoms with E-state index in [1.807, 2.05) is 16.7 Å². The summed E-state index contributed by atoms with van der Waals surface area (Å²) in [6, 6.07) is 11.9. The minimum absolute atomic E-state index is 0.0383. The molecule has 0 spiro atoms. The number of nitrogens with one attached hydrogen (secondary N) is 2. The van der Waals surface area contributed by atoms with E-state index in [2.05, 4.69) is 34.7 Å². The topological polar surface area (TPSA) is 102 Å². The second kappa shape index (κ2) is 9.23. The monoisotopic (exact) mass is 399 g/mol. The number of benzene rings is 1.